The molecular formula is C50H71N3O7. The van der Waals surface area contributed by atoms with E-state index in [9.17, 15) is 29.1 Å². The molecule has 0 aromatic carbocycles. The number of ketones is 1. The fourth-order valence-electron chi connectivity index (χ4n) is 15.5. The smallest absolute Gasteiger partial charge is 0.309 e. The van der Waals surface area contributed by atoms with Gasteiger partial charge >= 0.3 is 11.9 Å². The Morgan fingerprint density at radius 1 is 0.800 bits per heavy atom. The average Bonchev–Trinajstić information content (AvgIpc) is 3.75. The number of nitrogens with zero attached hydrogens (tertiary/aromatic N) is 1. The average molecular weight is 826 g/mol. The predicted molar refractivity (Wildman–Crippen MR) is 228 cm³/mol. The van der Waals surface area contributed by atoms with Crippen LogP contribution >= 0.6 is 0 Å². The van der Waals surface area contributed by atoms with E-state index in [1.807, 2.05) is 26.8 Å². The SMILES string of the molecule is Cc1ccc(C(=O)NC2(C(=O)N[C@@]34CC[C@]5(C)[C@H](CC[C@@H]6[C@@]7(C)CC[C@H](OC(=O)[C@H]8C[C@@H](C(=O)O)C8(C)C)C(C)(C)C7CC[C@]65C)C3=C(C(C)C)C(=O)C4)CCCC2)cn1. The van der Waals surface area contributed by atoms with Crippen molar-refractivity contribution in [1.82, 2.24) is 15.6 Å². The van der Waals surface area contributed by atoms with Crippen molar-refractivity contribution in [1.29, 1.82) is 0 Å². The molecule has 10 nitrogen and oxygen atoms in total. The van der Waals surface area contributed by atoms with Crippen LogP contribution in [0.15, 0.2) is 29.5 Å². The molecule has 6 saturated carbocycles. The number of aryl methyl sites for hydroxylation is 1. The highest BCUT2D eigenvalue weighted by atomic mass is 16.5. The number of hydrogen-bond donors (Lipinski definition) is 3. The lowest BCUT2D eigenvalue weighted by atomic mass is 9.33. The second-order valence-electron chi connectivity index (χ2n) is 23.0. The first-order valence-electron chi connectivity index (χ1n) is 23.3. The number of Topliss-reactive ketones (excluding diaryl/α,β-unsaturated/α-hetero) is 1. The molecule has 10 atom stereocenters. The van der Waals surface area contributed by atoms with E-state index in [0.29, 0.717) is 43.1 Å². The topological polar surface area (TPSA) is 152 Å². The van der Waals surface area contributed by atoms with Crippen LogP contribution in [0.25, 0.3) is 0 Å². The van der Waals surface area contributed by atoms with Gasteiger partial charge in [-0.25, -0.2) is 0 Å². The first-order valence-corrected chi connectivity index (χ1v) is 23.3. The molecule has 7 aliphatic carbocycles. The number of hydrogen-bond acceptors (Lipinski definition) is 7. The summed E-state index contributed by atoms with van der Waals surface area (Å²) in [6, 6.07) is 3.57. The van der Waals surface area contributed by atoms with E-state index < -0.39 is 34.3 Å². The van der Waals surface area contributed by atoms with Crippen molar-refractivity contribution in [3.05, 3.63) is 40.7 Å². The number of amides is 2. The number of aliphatic carboxylic acids is 1. The summed E-state index contributed by atoms with van der Waals surface area (Å²) in [4.78, 5) is 72.6. The molecule has 328 valence electrons. The molecule has 0 spiro atoms. The number of fused-ring (bicyclic) bond motifs is 7. The van der Waals surface area contributed by atoms with Gasteiger partial charge in [0.1, 0.15) is 11.6 Å². The Morgan fingerprint density at radius 3 is 2.12 bits per heavy atom. The van der Waals surface area contributed by atoms with Gasteiger partial charge in [-0.05, 0) is 146 Å². The summed E-state index contributed by atoms with van der Waals surface area (Å²) in [6.07, 6.45) is 12.2. The van der Waals surface area contributed by atoms with E-state index in [4.69, 9.17) is 4.74 Å². The van der Waals surface area contributed by atoms with Gasteiger partial charge in [-0.3, -0.25) is 29.0 Å². The van der Waals surface area contributed by atoms with Crippen LogP contribution in [0.4, 0.5) is 0 Å². The van der Waals surface area contributed by atoms with Crippen molar-refractivity contribution in [2.45, 2.75) is 176 Å². The van der Waals surface area contributed by atoms with Crippen LogP contribution in [0.2, 0.25) is 0 Å². The van der Waals surface area contributed by atoms with Crippen LogP contribution in [0.1, 0.15) is 168 Å². The molecule has 2 amide bonds. The normalized spacial score (nSPS) is 39.7. The van der Waals surface area contributed by atoms with Gasteiger partial charge in [0.25, 0.3) is 5.91 Å². The number of esters is 1. The molecule has 1 aromatic rings. The minimum absolute atomic E-state index is 0.0117. The van der Waals surface area contributed by atoms with Crippen LogP contribution in [-0.2, 0) is 23.9 Å². The molecule has 1 unspecified atom stereocenters. The molecule has 0 aliphatic heterocycles. The van der Waals surface area contributed by atoms with Crippen molar-refractivity contribution in [3.63, 3.8) is 0 Å². The Hall–Kier alpha value is -3.56. The van der Waals surface area contributed by atoms with Gasteiger partial charge in [0, 0.05) is 23.7 Å². The van der Waals surface area contributed by atoms with Gasteiger partial charge in [0.05, 0.1) is 22.9 Å². The lowest BCUT2D eigenvalue weighted by Gasteiger charge is -2.72. The minimum atomic E-state index is -1.04. The fraction of sp³-hybridized carbons (Fsp3) is 0.760. The maximum atomic E-state index is 14.9. The summed E-state index contributed by atoms with van der Waals surface area (Å²) in [5.74, 6) is -1.34. The zero-order chi connectivity index (χ0) is 43.6. The molecular weight excluding hydrogens is 755 g/mol. The van der Waals surface area contributed by atoms with E-state index in [1.54, 1.807) is 12.3 Å². The number of nitrogens with one attached hydrogen (secondary N) is 2. The largest absolute Gasteiger partial charge is 0.481 e. The zero-order valence-corrected chi connectivity index (χ0v) is 38.0. The number of carboxylic acids is 1. The molecule has 60 heavy (non-hydrogen) atoms. The van der Waals surface area contributed by atoms with Crippen molar-refractivity contribution in [2.24, 2.45) is 62.6 Å². The summed E-state index contributed by atoms with van der Waals surface area (Å²) in [7, 11) is 0. The van der Waals surface area contributed by atoms with Gasteiger partial charge < -0.3 is 20.5 Å². The first-order chi connectivity index (χ1) is 28.0. The Kier molecular flexibility index (Phi) is 10.2. The molecule has 0 radical (unpaired) electrons. The molecule has 0 bridgehead atoms. The van der Waals surface area contributed by atoms with Gasteiger partial charge in [-0.1, -0.05) is 75.2 Å². The maximum absolute atomic E-state index is 14.9. The van der Waals surface area contributed by atoms with Gasteiger partial charge in [0.2, 0.25) is 5.91 Å². The maximum Gasteiger partial charge on any atom is 0.309 e. The Balaban J connectivity index is 1.05. The number of aromatic nitrogens is 1. The molecule has 10 heteroatoms. The number of pyridine rings is 1. The third-order valence-corrected chi connectivity index (χ3v) is 19.2. The minimum Gasteiger partial charge on any atom is -0.481 e. The van der Waals surface area contributed by atoms with Crippen LogP contribution < -0.4 is 10.6 Å². The van der Waals surface area contributed by atoms with Gasteiger partial charge in [-0.15, -0.1) is 0 Å². The second kappa shape index (κ2) is 14.2. The summed E-state index contributed by atoms with van der Waals surface area (Å²) < 4.78 is 6.43. The third-order valence-electron chi connectivity index (χ3n) is 19.2. The van der Waals surface area contributed by atoms with E-state index in [-0.39, 0.29) is 69.6 Å². The van der Waals surface area contributed by atoms with Crippen LogP contribution in [-0.4, -0.2) is 56.8 Å². The first kappa shape index (κ1) is 43.1. The van der Waals surface area contributed by atoms with E-state index in [2.05, 4.69) is 64.1 Å². The van der Waals surface area contributed by atoms with Crippen LogP contribution in [0.5, 0.6) is 0 Å². The predicted octanol–water partition coefficient (Wildman–Crippen LogP) is 8.94. The van der Waals surface area contributed by atoms with Gasteiger partial charge in [-0.2, -0.15) is 0 Å². The van der Waals surface area contributed by atoms with Crippen molar-refractivity contribution in [2.75, 3.05) is 0 Å². The molecule has 6 fully saturated rings. The molecule has 1 heterocycles. The number of carboxylic acid groups (broad SMARTS) is 1. The highest BCUT2D eigenvalue weighted by Crippen LogP contribution is 2.76. The monoisotopic (exact) mass is 826 g/mol. The molecule has 0 saturated heterocycles. The standard InChI is InChI=1S/C50H71N3O7/c1-28(2)38-34(54)26-50(53-43(59)49(19-11-12-20-49)52-40(55)30-14-13-29(3)51-27-30)24-23-47(9)31(39(38)50)15-16-36-46(8)21-18-37(45(6,7)35(46)17-22-48(36,47)10)60-42(58)33-25-32(41(56)57)44(33,4)5/h13-14,27-28,31-33,35-37H,11-12,15-26H2,1-10H3,(H,52,55)(H,53,59)(H,56,57)/t31-,32+,33-,35?,36-,37+,46+,47-,48-,50-/m1/s1. The summed E-state index contributed by atoms with van der Waals surface area (Å²) in [5, 5.41) is 16.5. The number of allylic oxidation sites excluding steroid dienone is 1. The van der Waals surface area contributed by atoms with Crippen molar-refractivity contribution in [3.8, 4) is 0 Å². The molecule has 1 aromatic heterocycles. The zero-order valence-electron chi connectivity index (χ0n) is 38.0. The van der Waals surface area contributed by atoms with Crippen molar-refractivity contribution < 1.29 is 33.8 Å². The highest BCUT2D eigenvalue weighted by Gasteiger charge is 2.71. The molecule has 8 rings (SSSR count). The fourth-order valence-corrected chi connectivity index (χ4v) is 15.5. The summed E-state index contributed by atoms with van der Waals surface area (Å²) in [6.45, 7) is 22.1. The lowest BCUT2D eigenvalue weighted by molar-refractivity contribution is -0.235. The van der Waals surface area contributed by atoms with E-state index in [1.165, 1.54) is 5.57 Å². The number of carbonyl (C=O) groups is 5. The van der Waals surface area contributed by atoms with Gasteiger partial charge in [0.15, 0.2) is 5.78 Å². The van der Waals surface area contributed by atoms with Crippen LogP contribution in [0.3, 0.4) is 0 Å². The number of ether oxygens (including phenoxy) is 1. The number of carbonyl (C=O) groups excluding carboxylic acids is 4. The lowest BCUT2D eigenvalue weighted by Crippen LogP contribution is -2.68. The summed E-state index contributed by atoms with van der Waals surface area (Å²) >= 11 is 0. The second-order valence-corrected chi connectivity index (χ2v) is 23.0. The van der Waals surface area contributed by atoms with E-state index in [0.717, 1.165) is 69.1 Å². The third kappa shape index (κ3) is 6.12. The van der Waals surface area contributed by atoms with Crippen molar-refractivity contribution >= 4 is 29.5 Å². The Bertz CT molecular complexity index is 2010. The Morgan fingerprint density at radius 2 is 1.50 bits per heavy atom. The van der Waals surface area contributed by atoms with E-state index >= 15 is 0 Å². The van der Waals surface area contributed by atoms with Crippen LogP contribution in [0, 0.1) is 69.5 Å². The highest BCUT2D eigenvalue weighted by molar-refractivity contribution is 6.04. The molecule has 7 aliphatic rings. The summed E-state index contributed by atoms with van der Waals surface area (Å²) in [5.41, 5.74) is 0.583. The number of rotatable bonds is 8. The molecule has 3 N–H and O–H groups in total. The quantitative estimate of drug-likeness (QED) is 0.220. The Labute approximate surface area is 357 Å².